The Balaban J connectivity index is 2.81. The monoisotopic (exact) mass is 242 g/mol. The van der Waals surface area contributed by atoms with Gasteiger partial charge in [-0.2, -0.15) is 0 Å². The number of halogens is 1. The Bertz CT molecular complexity index is 366. The Morgan fingerprint density at radius 1 is 1.44 bits per heavy atom. The molecule has 1 rings (SSSR count). The molecular formula is C11H11ClO4. The van der Waals surface area contributed by atoms with E-state index in [1.165, 1.54) is 7.11 Å². The summed E-state index contributed by atoms with van der Waals surface area (Å²) < 4.78 is 9.08. The van der Waals surface area contributed by atoms with Crippen molar-refractivity contribution in [1.82, 2.24) is 0 Å². The Kier molecular flexibility index (Phi) is 4.46. The van der Waals surface area contributed by atoms with E-state index in [1.807, 2.05) is 18.2 Å². The summed E-state index contributed by atoms with van der Waals surface area (Å²) in [5, 5.41) is -1.66. The molecule has 0 amide bonds. The van der Waals surface area contributed by atoms with E-state index in [4.69, 9.17) is 16.3 Å². The minimum absolute atomic E-state index is 0.0312. The van der Waals surface area contributed by atoms with Gasteiger partial charge in [-0.25, -0.2) is 4.79 Å². The first-order chi connectivity index (χ1) is 7.62. The van der Waals surface area contributed by atoms with Crippen LogP contribution >= 0.6 is 11.6 Å². The van der Waals surface area contributed by atoms with E-state index in [0.29, 0.717) is 0 Å². The van der Waals surface area contributed by atoms with Crippen molar-refractivity contribution >= 4 is 24.0 Å². The maximum atomic E-state index is 11.4. The van der Waals surface area contributed by atoms with Crippen molar-refractivity contribution < 1.29 is 19.1 Å². The van der Waals surface area contributed by atoms with Crippen molar-refractivity contribution in [3.63, 3.8) is 0 Å². The van der Waals surface area contributed by atoms with Gasteiger partial charge in [0.25, 0.3) is 0 Å². The minimum atomic E-state index is -1.66. The first-order valence-corrected chi connectivity index (χ1v) is 4.93. The van der Waals surface area contributed by atoms with Crippen LogP contribution in [0.25, 0.3) is 0 Å². The standard InChI is InChI=1S/C11H11ClO4/c1-15-11(12,10(14)16-8-13)7-9-5-3-2-4-6-9/h2-6,8H,7H2,1H3. The highest BCUT2D eigenvalue weighted by Gasteiger charge is 2.38. The van der Waals surface area contributed by atoms with Gasteiger partial charge in [0.2, 0.25) is 5.06 Å². The van der Waals surface area contributed by atoms with E-state index in [0.717, 1.165) is 5.56 Å². The van der Waals surface area contributed by atoms with Gasteiger partial charge < -0.3 is 9.47 Å². The summed E-state index contributed by atoms with van der Waals surface area (Å²) in [6.45, 7) is 0.0312. The van der Waals surface area contributed by atoms with E-state index in [2.05, 4.69) is 4.74 Å². The molecule has 16 heavy (non-hydrogen) atoms. The first-order valence-electron chi connectivity index (χ1n) is 4.55. The van der Waals surface area contributed by atoms with Gasteiger partial charge in [-0.05, 0) is 5.56 Å². The average Bonchev–Trinajstić information content (AvgIpc) is 2.30. The first kappa shape index (κ1) is 12.7. The number of alkyl halides is 1. The number of carbonyl (C=O) groups excluding carboxylic acids is 2. The molecule has 0 aromatic heterocycles. The lowest BCUT2D eigenvalue weighted by Crippen LogP contribution is -2.38. The predicted molar refractivity (Wildman–Crippen MR) is 57.9 cm³/mol. The maximum absolute atomic E-state index is 11.4. The van der Waals surface area contributed by atoms with Gasteiger partial charge in [0.15, 0.2) is 0 Å². The predicted octanol–water partition coefficient (Wildman–Crippen LogP) is 1.51. The van der Waals surface area contributed by atoms with Crippen LogP contribution in [0, 0.1) is 0 Å². The molecule has 0 N–H and O–H groups in total. The van der Waals surface area contributed by atoms with Gasteiger partial charge in [-0.3, -0.25) is 4.79 Å². The lowest BCUT2D eigenvalue weighted by molar-refractivity contribution is -0.163. The zero-order valence-corrected chi connectivity index (χ0v) is 9.44. The van der Waals surface area contributed by atoms with Crippen LogP contribution in [0.15, 0.2) is 30.3 Å². The molecular weight excluding hydrogens is 232 g/mol. The zero-order valence-electron chi connectivity index (χ0n) is 8.68. The third-order valence-corrected chi connectivity index (χ3v) is 2.50. The molecule has 0 aliphatic carbocycles. The molecule has 1 aromatic carbocycles. The minimum Gasteiger partial charge on any atom is -0.392 e. The van der Waals surface area contributed by atoms with Crippen molar-refractivity contribution in [2.45, 2.75) is 11.5 Å². The third kappa shape index (κ3) is 3.05. The molecule has 0 radical (unpaired) electrons. The number of hydrogen-bond acceptors (Lipinski definition) is 4. The van der Waals surface area contributed by atoms with Crippen molar-refractivity contribution in [3.05, 3.63) is 35.9 Å². The second-order valence-corrected chi connectivity index (χ2v) is 3.71. The lowest BCUT2D eigenvalue weighted by Gasteiger charge is -2.21. The molecule has 0 aliphatic rings. The molecule has 1 unspecified atom stereocenters. The van der Waals surface area contributed by atoms with Crippen LogP contribution in [0.1, 0.15) is 5.56 Å². The third-order valence-electron chi connectivity index (χ3n) is 2.06. The van der Waals surface area contributed by atoms with E-state index in [9.17, 15) is 9.59 Å². The Morgan fingerprint density at radius 3 is 2.56 bits per heavy atom. The van der Waals surface area contributed by atoms with Crippen molar-refractivity contribution in [2.75, 3.05) is 7.11 Å². The molecule has 4 nitrogen and oxygen atoms in total. The van der Waals surface area contributed by atoms with E-state index < -0.39 is 11.0 Å². The smallest absolute Gasteiger partial charge is 0.362 e. The number of benzene rings is 1. The van der Waals surface area contributed by atoms with E-state index in [-0.39, 0.29) is 12.9 Å². The number of rotatable bonds is 5. The molecule has 1 aromatic rings. The summed E-state index contributed by atoms with van der Waals surface area (Å²) in [5.41, 5.74) is 0.808. The van der Waals surface area contributed by atoms with Crippen LogP contribution in [0.3, 0.4) is 0 Å². The molecule has 5 heteroatoms. The fourth-order valence-corrected chi connectivity index (χ4v) is 1.42. The largest absolute Gasteiger partial charge is 0.392 e. The summed E-state index contributed by atoms with van der Waals surface area (Å²) in [6.07, 6.45) is 0.124. The normalized spacial score (nSPS) is 13.9. The number of methoxy groups -OCH3 is 1. The highest BCUT2D eigenvalue weighted by Crippen LogP contribution is 2.23. The topological polar surface area (TPSA) is 52.6 Å². The summed E-state index contributed by atoms with van der Waals surface area (Å²) in [6, 6.07) is 9.06. The fourth-order valence-electron chi connectivity index (χ4n) is 1.22. The van der Waals surface area contributed by atoms with Gasteiger partial charge in [0, 0.05) is 13.5 Å². The summed E-state index contributed by atoms with van der Waals surface area (Å²) in [7, 11) is 1.28. The van der Waals surface area contributed by atoms with Gasteiger partial charge in [-0.1, -0.05) is 41.9 Å². The molecule has 0 spiro atoms. The molecule has 86 valence electrons. The zero-order chi connectivity index (χ0) is 12.0. The van der Waals surface area contributed by atoms with E-state index >= 15 is 0 Å². The number of hydrogen-bond donors (Lipinski definition) is 0. The molecule has 0 saturated carbocycles. The summed E-state index contributed by atoms with van der Waals surface area (Å²) in [5.74, 6) is -0.921. The van der Waals surface area contributed by atoms with Gasteiger partial charge in [0.1, 0.15) is 0 Å². The Morgan fingerprint density at radius 2 is 2.06 bits per heavy atom. The number of esters is 1. The molecule has 0 bridgehead atoms. The SMILES string of the molecule is COC(Cl)(Cc1ccccc1)C(=O)OC=O. The lowest BCUT2D eigenvalue weighted by atomic mass is 10.1. The van der Waals surface area contributed by atoms with Crippen LogP contribution in [-0.2, 0) is 25.5 Å². The highest BCUT2D eigenvalue weighted by molar-refractivity contribution is 6.33. The Labute approximate surface area is 98.1 Å². The number of ether oxygens (including phenoxy) is 2. The molecule has 0 fully saturated rings. The van der Waals surface area contributed by atoms with Crippen molar-refractivity contribution in [2.24, 2.45) is 0 Å². The van der Waals surface area contributed by atoms with Crippen LogP contribution in [0.4, 0.5) is 0 Å². The fraction of sp³-hybridized carbons (Fsp3) is 0.273. The highest BCUT2D eigenvalue weighted by atomic mass is 35.5. The molecule has 1 atom stereocenters. The molecule has 0 heterocycles. The van der Waals surface area contributed by atoms with Crippen LogP contribution in [-0.4, -0.2) is 24.6 Å². The molecule has 0 saturated heterocycles. The van der Waals surface area contributed by atoms with E-state index in [1.54, 1.807) is 12.1 Å². The number of carbonyl (C=O) groups is 2. The van der Waals surface area contributed by atoms with Gasteiger partial charge >= 0.3 is 12.4 Å². The van der Waals surface area contributed by atoms with Crippen LogP contribution < -0.4 is 0 Å². The average molecular weight is 243 g/mol. The van der Waals surface area contributed by atoms with Crippen LogP contribution in [0.2, 0.25) is 0 Å². The van der Waals surface area contributed by atoms with Crippen LogP contribution in [0.5, 0.6) is 0 Å². The summed E-state index contributed by atoms with van der Waals surface area (Å²) >= 11 is 5.93. The van der Waals surface area contributed by atoms with Crippen molar-refractivity contribution in [3.8, 4) is 0 Å². The maximum Gasteiger partial charge on any atom is 0.362 e. The quantitative estimate of drug-likeness (QED) is 0.340. The molecule has 0 aliphatic heterocycles. The Hall–Kier alpha value is -1.39. The van der Waals surface area contributed by atoms with Crippen molar-refractivity contribution in [1.29, 1.82) is 0 Å². The second kappa shape index (κ2) is 5.63. The second-order valence-electron chi connectivity index (χ2n) is 3.10. The summed E-state index contributed by atoms with van der Waals surface area (Å²) in [4.78, 5) is 21.5. The van der Waals surface area contributed by atoms with Gasteiger partial charge in [-0.15, -0.1) is 0 Å². The van der Waals surface area contributed by atoms with Gasteiger partial charge in [0.05, 0.1) is 0 Å².